The highest BCUT2D eigenvalue weighted by molar-refractivity contribution is 4.95. The molecule has 0 heteroatoms. The van der Waals surface area contributed by atoms with E-state index in [1.807, 2.05) is 6.08 Å². The number of unbranched alkanes of at least 4 members (excludes halogenated alkanes) is 2. The molecule has 0 nitrogen and oxygen atoms in total. The molecule has 0 fully saturated rings. The van der Waals surface area contributed by atoms with Crippen LogP contribution in [0.3, 0.4) is 0 Å². The molecule has 0 aliphatic heterocycles. The van der Waals surface area contributed by atoms with Crippen molar-refractivity contribution in [2.45, 2.75) is 46.0 Å². The lowest BCUT2D eigenvalue weighted by Gasteiger charge is -2.13. The molecule has 0 aromatic heterocycles. The van der Waals surface area contributed by atoms with Gasteiger partial charge in [0.05, 0.1) is 0 Å². The van der Waals surface area contributed by atoms with Gasteiger partial charge in [-0.1, -0.05) is 31.6 Å². The monoisotopic (exact) mass is 166 g/mol. The molecular formula is C12H22. The van der Waals surface area contributed by atoms with Gasteiger partial charge in [-0.3, -0.25) is 0 Å². The van der Waals surface area contributed by atoms with Crippen LogP contribution in [0, 0.1) is 5.92 Å². The van der Waals surface area contributed by atoms with Crippen molar-refractivity contribution < 1.29 is 0 Å². The van der Waals surface area contributed by atoms with Crippen molar-refractivity contribution in [1.82, 2.24) is 0 Å². The predicted octanol–water partition coefficient (Wildman–Crippen LogP) is 4.34. The molecule has 1 atom stereocenters. The van der Waals surface area contributed by atoms with Gasteiger partial charge in [-0.25, -0.2) is 0 Å². The van der Waals surface area contributed by atoms with Crippen molar-refractivity contribution in [3.63, 3.8) is 0 Å². The summed E-state index contributed by atoms with van der Waals surface area (Å²) in [6, 6.07) is 0. The summed E-state index contributed by atoms with van der Waals surface area (Å²) in [7, 11) is 0. The van der Waals surface area contributed by atoms with E-state index >= 15 is 0 Å². The lowest BCUT2D eigenvalue weighted by Crippen LogP contribution is -1.99. The Morgan fingerprint density at radius 2 is 2.08 bits per heavy atom. The van der Waals surface area contributed by atoms with Gasteiger partial charge >= 0.3 is 0 Å². The number of hydrogen-bond acceptors (Lipinski definition) is 0. The Balaban J connectivity index is 3.44. The van der Waals surface area contributed by atoms with Gasteiger partial charge < -0.3 is 0 Å². The highest BCUT2D eigenvalue weighted by Gasteiger charge is 2.05. The first-order valence-corrected chi connectivity index (χ1v) is 4.98. The van der Waals surface area contributed by atoms with Crippen LogP contribution in [0.5, 0.6) is 0 Å². The summed E-state index contributed by atoms with van der Waals surface area (Å²) in [5.74, 6) is 0.745. The Hall–Kier alpha value is -0.520. The van der Waals surface area contributed by atoms with E-state index in [2.05, 4.69) is 27.0 Å². The molecule has 0 amide bonds. The third-order valence-electron chi connectivity index (χ3n) is 2.40. The van der Waals surface area contributed by atoms with Crippen LogP contribution >= 0.6 is 0 Å². The highest BCUT2D eigenvalue weighted by Crippen LogP contribution is 2.20. The minimum Gasteiger partial charge on any atom is -0.103 e. The van der Waals surface area contributed by atoms with Gasteiger partial charge in [0.15, 0.2) is 0 Å². The van der Waals surface area contributed by atoms with Gasteiger partial charge in [0.2, 0.25) is 0 Å². The van der Waals surface area contributed by atoms with Gasteiger partial charge in [0.1, 0.15) is 0 Å². The lowest BCUT2D eigenvalue weighted by atomic mass is 9.93. The second-order valence-electron chi connectivity index (χ2n) is 3.52. The van der Waals surface area contributed by atoms with E-state index in [9.17, 15) is 0 Å². The molecular weight excluding hydrogens is 144 g/mol. The smallest absolute Gasteiger partial charge is 0.0211 e. The van der Waals surface area contributed by atoms with Gasteiger partial charge in [0, 0.05) is 0 Å². The molecule has 0 aliphatic carbocycles. The van der Waals surface area contributed by atoms with Crippen LogP contribution < -0.4 is 0 Å². The minimum atomic E-state index is 0.745. The van der Waals surface area contributed by atoms with E-state index in [0.717, 1.165) is 12.3 Å². The molecule has 0 spiro atoms. The summed E-state index contributed by atoms with van der Waals surface area (Å²) in [6.45, 7) is 12.1. The molecule has 0 aromatic rings. The van der Waals surface area contributed by atoms with Crippen LogP contribution in [-0.4, -0.2) is 0 Å². The van der Waals surface area contributed by atoms with Crippen LogP contribution in [0.1, 0.15) is 46.0 Å². The lowest BCUT2D eigenvalue weighted by molar-refractivity contribution is 0.509. The second kappa shape index (κ2) is 7.15. The largest absolute Gasteiger partial charge is 0.103 e. The van der Waals surface area contributed by atoms with Gasteiger partial charge in [-0.05, 0) is 38.5 Å². The zero-order valence-electron chi connectivity index (χ0n) is 8.60. The molecule has 0 saturated heterocycles. The van der Waals surface area contributed by atoms with E-state index in [0.29, 0.717) is 0 Å². The van der Waals surface area contributed by atoms with Crippen molar-refractivity contribution in [2.24, 2.45) is 5.92 Å². The first-order valence-electron chi connectivity index (χ1n) is 4.98. The Labute approximate surface area is 77.4 Å². The van der Waals surface area contributed by atoms with Crippen LogP contribution in [0.15, 0.2) is 24.8 Å². The molecule has 0 bridgehead atoms. The summed E-state index contributed by atoms with van der Waals surface area (Å²) < 4.78 is 0. The maximum absolute atomic E-state index is 4.01. The SMILES string of the molecule is C=CCCCCC(CC)C(=C)C. The summed E-state index contributed by atoms with van der Waals surface area (Å²) in [5, 5.41) is 0. The minimum absolute atomic E-state index is 0.745. The first-order chi connectivity index (χ1) is 5.72. The second-order valence-corrected chi connectivity index (χ2v) is 3.52. The van der Waals surface area contributed by atoms with E-state index in [-0.39, 0.29) is 0 Å². The van der Waals surface area contributed by atoms with E-state index in [1.165, 1.54) is 31.3 Å². The molecule has 0 aromatic carbocycles. The summed E-state index contributed by atoms with van der Waals surface area (Å²) in [4.78, 5) is 0. The Bertz CT molecular complexity index is 133. The van der Waals surface area contributed by atoms with Crippen LogP contribution in [0.2, 0.25) is 0 Å². The van der Waals surface area contributed by atoms with E-state index < -0.39 is 0 Å². The average molecular weight is 166 g/mol. The molecule has 12 heavy (non-hydrogen) atoms. The van der Waals surface area contributed by atoms with Crippen molar-refractivity contribution in [3.8, 4) is 0 Å². The molecule has 0 radical (unpaired) electrons. The molecule has 1 unspecified atom stereocenters. The summed E-state index contributed by atoms with van der Waals surface area (Å²) >= 11 is 0. The number of hydrogen-bond donors (Lipinski definition) is 0. The summed E-state index contributed by atoms with van der Waals surface area (Å²) in [6.07, 6.45) is 8.31. The Kier molecular flexibility index (Phi) is 6.84. The maximum atomic E-state index is 4.01. The van der Waals surface area contributed by atoms with Crippen molar-refractivity contribution in [2.75, 3.05) is 0 Å². The zero-order valence-corrected chi connectivity index (χ0v) is 8.60. The molecule has 0 aliphatic rings. The number of allylic oxidation sites excluding steroid dienone is 2. The quantitative estimate of drug-likeness (QED) is 0.390. The van der Waals surface area contributed by atoms with Crippen molar-refractivity contribution in [1.29, 1.82) is 0 Å². The van der Waals surface area contributed by atoms with E-state index in [1.54, 1.807) is 0 Å². The Morgan fingerprint density at radius 1 is 1.42 bits per heavy atom. The molecule has 0 rings (SSSR count). The molecule has 70 valence electrons. The fraction of sp³-hybridized carbons (Fsp3) is 0.667. The van der Waals surface area contributed by atoms with Gasteiger partial charge in [-0.2, -0.15) is 0 Å². The standard InChI is InChI=1S/C12H22/c1-5-7-8-9-10-12(6-2)11(3)4/h5,12H,1,3,6-10H2,2,4H3. The van der Waals surface area contributed by atoms with Crippen LogP contribution in [-0.2, 0) is 0 Å². The Morgan fingerprint density at radius 3 is 2.50 bits per heavy atom. The van der Waals surface area contributed by atoms with Crippen molar-refractivity contribution in [3.05, 3.63) is 24.8 Å². The average Bonchev–Trinajstić information content (AvgIpc) is 2.04. The first kappa shape index (κ1) is 11.5. The topological polar surface area (TPSA) is 0 Å². The van der Waals surface area contributed by atoms with Gasteiger partial charge in [-0.15, -0.1) is 6.58 Å². The number of rotatable bonds is 7. The van der Waals surface area contributed by atoms with Crippen LogP contribution in [0.25, 0.3) is 0 Å². The zero-order chi connectivity index (χ0) is 9.40. The van der Waals surface area contributed by atoms with Crippen molar-refractivity contribution >= 4 is 0 Å². The molecule has 0 heterocycles. The molecule has 0 saturated carbocycles. The normalized spacial score (nSPS) is 12.5. The third kappa shape index (κ3) is 5.17. The fourth-order valence-corrected chi connectivity index (χ4v) is 1.48. The van der Waals surface area contributed by atoms with Crippen LogP contribution in [0.4, 0.5) is 0 Å². The predicted molar refractivity (Wildman–Crippen MR) is 57.3 cm³/mol. The highest BCUT2D eigenvalue weighted by atomic mass is 14.1. The fourth-order valence-electron chi connectivity index (χ4n) is 1.48. The third-order valence-corrected chi connectivity index (χ3v) is 2.40. The van der Waals surface area contributed by atoms with Gasteiger partial charge in [0.25, 0.3) is 0 Å². The summed E-state index contributed by atoms with van der Waals surface area (Å²) in [5.41, 5.74) is 1.34. The van der Waals surface area contributed by atoms with E-state index in [4.69, 9.17) is 0 Å². The maximum Gasteiger partial charge on any atom is -0.0211 e. The molecule has 0 N–H and O–H groups in total.